The maximum Gasteiger partial charge on any atom is 0.236 e. The van der Waals surface area contributed by atoms with Crippen molar-refractivity contribution in [3.8, 4) is 11.5 Å². The number of rotatable bonds is 4. The van der Waals surface area contributed by atoms with Gasteiger partial charge in [-0.3, -0.25) is 9.69 Å². The van der Waals surface area contributed by atoms with Crippen LogP contribution >= 0.6 is 0 Å². The molecule has 2 aliphatic rings. The molecule has 5 rings (SSSR count). The van der Waals surface area contributed by atoms with Crippen molar-refractivity contribution in [3.05, 3.63) is 48.0 Å². The number of amides is 1. The summed E-state index contributed by atoms with van der Waals surface area (Å²) in [6, 6.07) is 8.55. The molecule has 1 amide bonds. The van der Waals surface area contributed by atoms with Crippen LogP contribution in [-0.4, -0.2) is 70.6 Å². The van der Waals surface area contributed by atoms with Crippen molar-refractivity contribution in [2.75, 3.05) is 39.1 Å². The smallest absolute Gasteiger partial charge is 0.236 e. The average molecular weight is 496 g/mol. The molecule has 1 aliphatic carbocycles. The van der Waals surface area contributed by atoms with Gasteiger partial charge in [0, 0.05) is 37.6 Å². The molecular formula is C27H34FN5O3. The third kappa shape index (κ3) is 6.02. The number of piperazine rings is 1. The van der Waals surface area contributed by atoms with E-state index in [2.05, 4.69) is 20.2 Å². The number of aryl methyl sites for hydroxylation is 1. The minimum absolute atomic E-state index is 0.0300. The van der Waals surface area contributed by atoms with E-state index in [-0.39, 0.29) is 11.6 Å². The summed E-state index contributed by atoms with van der Waals surface area (Å²) in [4.78, 5) is 24.0. The number of anilines is 2. The monoisotopic (exact) mass is 495 g/mol. The molecule has 2 fully saturated rings. The van der Waals surface area contributed by atoms with Crippen LogP contribution in [0.5, 0.6) is 11.5 Å². The Morgan fingerprint density at radius 2 is 1.89 bits per heavy atom. The zero-order valence-electron chi connectivity index (χ0n) is 21.1. The van der Waals surface area contributed by atoms with E-state index >= 15 is 0 Å². The van der Waals surface area contributed by atoms with Crippen LogP contribution in [-0.2, 0) is 4.79 Å². The number of methoxy groups -OCH3 is 1. The summed E-state index contributed by atoms with van der Waals surface area (Å²) in [5.74, 6) is 0.612. The fraction of sp³-hybridized carbons (Fsp3) is 0.444. The summed E-state index contributed by atoms with van der Waals surface area (Å²) < 4.78 is 18.9. The molecular weight excluding hydrogens is 461 g/mol. The third-order valence-electron chi connectivity index (χ3n) is 6.89. The zero-order chi connectivity index (χ0) is 25.7. The minimum Gasteiger partial charge on any atom is -0.504 e. The van der Waals surface area contributed by atoms with E-state index in [1.807, 2.05) is 18.9 Å². The number of ether oxygens (including phenoxy) is 1. The number of halogens is 1. The lowest BCUT2D eigenvalue weighted by Crippen LogP contribution is -2.52. The van der Waals surface area contributed by atoms with E-state index in [0.717, 1.165) is 18.7 Å². The van der Waals surface area contributed by atoms with Crippen LogP contribution in [0.3, 0.4) is 0 Å². The van der Waals surface area contributed by atoms with Gasteiger partial charge in [0.1, 0.15) is 18.0 Å². The molecule has 36 heavy (non-hydrogen) atoms. The van der Waals surface area contributed by atoms with Gasteiger partial charge in [0.2, 0.25) is 5.91 Å². The zero-order valence-corrected chi connectivity index (χ0v) is 21.1. The lowest BCUT2D eigenvalue weighted by molar-refractivity contribution is -0.135. The summed E-state index contributed by atoms with van der Waals surface area (Å²) in [7, 11) is 3.36. The summed E-state index contributed by atoms with van der Waals surface area (Å²) >= 11 is 0. The molecule has 0 atom stereocenters. The van der Waals surface area contributed by atoms with Crippen molar-refractivity contribution in [3.63, 3.8) is 0 Å². The number of carbonyl (C=O) groups excluding carboxylic acids is 1. The molecule has 9 heteroatoms. The fourth-order valence-electron chi connectivity index (χ4n) is 4.73. The van der Waals surface area contributed by atoms with Crippen LogP contribution in [0, 0.1) is 12.7 Å². The molecule has 8 nitrogen and oxygen atoms in total. The first kappa shape index (κ1) is 25.6. The van der Waals surface area contributed by atoms with Gasteiger partial charge in [0.15, 0.2) is 11.5 Å². The highest BCUT2D eigenvalue weighted by atomic mass is 19.1. The molecule has 3 aromatic rings. The normalized spacial score (nSPS) is 17.0. The molecule has 1 saturated carbocycles. The van der Waals surface area contributed by atoms with E-state index in [1.54, 1.807) is 18.2 Å². The van der Waals surface area contributed by atoms with Crippen molar-refractivity contribution in [1.29, 1.82) is 0 Å². The number of carbonyl (C=O) groups is 1. The molecule has 1 saturated heterocycles. The van der Waals surface area contributed by atoms with Crippen LogP contribution in [0.15, 0.2) is 36.7 Å². The first-order valence-electron chi connectivity index (χ1n) is 12.4. The maximum atomic E-state index is 13.9. The van der Waals surface area contributed by atoms with Crippen LogP contribution in [0.1, 0.15) is 37.7 Å². The number of nitrogens with zero attached hydrogens (tertiary/aromatic N) is 4. The predicted octanol–water partition coefficient (Wildman–Crippen LogP) is 4.63. The van der Waals surface area contributed by atoms with Gasteiger partial charge in [-0.1, -0.05) is 25.3 Å². The Hall–Kier alpha value is -3.46. The van der Waals surface area contributed by atoms with E-state index in [1.165, 1.54) is 57.7 Å². The van der Waals surface area contributed by atoms with Gasteiger partial charge < -0.3 is 20.1 Å². The second-order valence-corrected chi connectivity index (χ2v) is 9.45. The number of fused-ring (bicyclic) bond motifs is 1. The summed E-state index contributed by atoms with van der Waals surface area (Å²) in [6.07, 6.45) is 8.07. The molecule has 2 N–H and O–H groups in total. The number of benzene rings is 2. The minimum atomic E-state index is -0.380. The Morgan fingerprint density at radius 3 is 2.61 bits per heavy atom. The van der Waals surface area contributed by atoms with E-state index in [9.17, 15) is 14.3 Å². The Labute approximate surface area is 211 Å². The predicted molar refractivity (Wildman–Crippen MR) is 138 cm³/mol. The van der Waals surface area contributed by atoms with Gasteiger partial charge in [-0.05, 0) is 43.5 Å². The molecule has 1 aromatic heterocycles. The molecule has 2 heterocycles. The number of aromatic hydroxyl groups is 1. The summed E-state index contributed by atoms with van der Waals surface area (Å²) in [5.41, 5.74) is 1.82. The number of phenolic OH excluding ortho intramolecular Hbond substituents is 1. The van der Waals surface area contributed by atoms with Crippen molar-refractivity contribution >= 4 is 28.3 Å². The molecule has 0 bridgehead atoms. The molecule has 1 aliphatic heterocycles. The quantitative estimate of drug-likeness (QED) is 0.545. The summed E-state index contributed by atoms with van der Waals surface area (Å²) in [5, 5.41) is 13.4. The number of phenols is 1. The Morgan fingerprint density at radius 1 is 1.11 bits per heavy atom. The lowest BCUT2D eigenvalue weighted by atomic mass is 9.94. The highest BCUT2D eigenvalue weighted by Gasteiger charge is 2.27. The molecule has 0 unspecified atom stereocenters. The number of hydrogen-bond acceptors (Lipinski definition) is 7. The van der Waals surface area contributed by atoms with Gasteiger partial charge in [-0.2, -0.15) is 0 Å². The average Bonchev–Trinajstić information content (AvgIpc) is 2.89. The van der Waals surface area contributed by atoms with Gasteiger partial charge in [0.05, 0.1) is 24.9 Å². The van der Waals surface area contributed by atoms with E-state index in [4.69, 9.17) is 4.74 Å². The van der Waals surface area contributed by atoms with Gasteiger partial charge in [-0.25, -0.2) is 14.4 Å². The first-order chi connectivity index (χ1) is 17.4. The molecule has 0 radical (unpaired) electrons. The third-order valence-corrected chi connectivity index (χ3v) is 6.89. The molecule has 0 spiro atoms. The number of aromatic nitrogens is 2. The number of nitrogens with one attached hydrogen (secondary N) is 1. The van der Waals surface area contributed by atoms with Crippen molar-refractivity contribution < 1.29 is 19.0 Å². The van der Waals surface area contributed by atoms with E-state index in [0.29, 0.717) is 46.7 Å². The standard InChI is InChI=1S/C16H14FN3O2.C11H20N2O/c1-9-3-4-11(17)13(5-9)20-16-10-6-14(21)15(22-2)7-12(10)18-8-19-16;1-12-7-8-13(9-11(12)14)10-5-3-2-4-6-10/h3-8,21H,1-2H3,(H,18,19,20);10H,2-9H2,1H3. The van der Waals surface area contributed by atoms with Crippen molar-refractivity contribution in [2.45, 2.75) is 45.1 Å². The van der Waals surface area contributed by atoms with Gasteiger partial charge in [0.25, 0.3) is 0 Å². The topological polar surface area (TPSA) is 90.8 Å². The Kier molecular flexibility index (Phi) is 8.20. The van der Waals surface area contributed by atoms with Gasteiger partial charge >= 0.3 is 0 Å². The van der Waals surface area contributed by atoms with Crippen molar-refractivity contribution in [1.82, 2.24) is 19.8 Å². The second kappa shape index (κ2) is 11.5. The van der Waals surface area contributed by atoms with Crippen LogP contribution in [0.25, 0.3) is 10.9 Å². The number of hydrogen-bond donors (Lipinski definition) is 2. The van der Waals surface area contributed by atoms with Crippen LogP contribution in [0.2, 0.25) is 0 Å². The largest absolute Gasteiger partial charge is 0.504 e. The molecule has 2 aromatic carbocycles. The summed E-state index contributed by atoms with van der Waals surface area (Å²) in [6.45, 7) is 4.52. The number of likely N-dealkylation sites (N-methyl/N-ethyl adjacent to an activating group) is 1. The van der Waals surface area contributed by atoms with Crippen LogP contribution in [0.4, 0.5) is 15.9 Å². The SMILES string of the molecule is CN1CCN(C2CCCCC2)CC1=O.COc1cc2ncnc(Nc3cc(C)ccc3F)c2cc1O. The Bertz CT molecular complexity index is 1220. The van der Waals surface area contributed by atoms with Crippen molar-refractivity contribution in [2.24, 2.45) is 0 Å². The van der Waals surface area contributed by atoms with Crippen LogP contribution < -0.4 is 10.1 Å². The highest BCUT2D eigenvalue weighted by molar-refractivity contribution is 5.93. The van der Waals surface area contributed by atoms with Gasteiger partial charge in [-0.15, -0.1) is 0 Å². The first-order valence-corrected chi connectivity index (χ1v) is 12.4. The Balaban J connectivity index is 0.000000187. The molecule has 192 valence electrons. The fourth-order valence-corrected chi connectivity index (χ4v) is 4.73. The lowest BCUT2D eigenvalue weighted by Gasteiger charge is -2.39. The van der Waals surface area contributed by atoms with E-state index < -0.39 is 0 Å². The second-order valence-electron chi connectivity index (χ2n) is 9.45. The highest BCUT2D eigenvalue weighted by Crippen LogP contribution is 2.34. The maximum absolute atomic E-state index is 13.9.